The summed E-state index contributed by atoms with van der Waals surface area (Å²) in [4.78, 5) is 16.7. The predicted molar refractivity (Wildman–Crippen MR) is 106 cm³/mol. The monoisotopic (exact) mass is 397 g/mol. The number of hydrogen-bond donors (Lipinski definition) is 2. The molecule has 0 atom stereocenters. The van der Waals surface area contributed by atoms with Crippen molar-refractivity contribution in [3.63, 3.8) is 0 Å². The van der Waals surface area contributed by atoms with Crippen LogP contribution in [0.4, 0.5) is 17.1 Å². The summed E-state index contributed by atoms with van der Waals surface area (Å²) in [5.74, 6) is 1.55. The normalized spacial score (nSPS) is 11.8. The molecule has 4 rings (SSSR count). The first-order valence-corrected chi connectivity index (χ1v) is 8.77. The Morgan fingerprint density at radius 3 is 2.68 bits per heavy atom. The molecule has 0 aliphatic carbocycles. The largest absolute Gasteiger partial charge is 0.495 e. The number of pyridine rings is 1. The summed E-state index contributed by atoms with van der Waals surface area (Å²) in [6.45, 7) is 0.180. The van der Waals surface area contributed by atoms with E-state index in [1.165, 1.54) is 6.20 Å². The molecule has 1 aliphatic rings. The van der Waals surface area contributed by atoms with Gasteiger partial charge in [-0.05, 0) is 36.4 Å². The standard InChI is InChI=1S/C20H16ClN3O4/c1-26-17-4-2-13(7-16(17)21)23-15-6-12(9-22-10-15)20(25)24-14-3-5-18-19(8-14)28-11-27-18/h2-10,23H,11H2,1H3,(H,24,25). The Labute approximate surface area is 166 Å². The van der Waals surface area contributed by atoms with E-state index < -0.39 is 0 Å². The van der Waals surface area contributed by atoms with Gasteiger partial charge >= 0.3 is 0 Å². The van der Waals surface area contributed by atoms with Crippen molar-refractivity contribution < 1.29 is 19.0 Å². The van der Waals surface area contributed by atoms with Crippen LogP contribution in [0.2, 0.25) is 5.02 Å². The molecule has 0 unspecified atom stereocenters. The number of halogens is 1. The van der Waals surface area contributed by atoms with Gasteiger partial charge in [-0.25, -0.2) is 0 Å². The number of anilines is 3. The van der Waals surface area contributed by atoms with Crippen molar-refractivity contribution in [3.8, 4) is 17.2 Å². The number of fused-ring (bicyclic) bond motifs is 1. The second-order valence-corrected chi connectivity index (χ2v) is 6.37. The topological polar surface area (TPSA) is 81.7 Å². The molecule has 0 fully saturated rings. The Hall–Kier alpha value is -3.45. The number of nitrogens with zero attached hydrogens (tertiary/aromatic N) is 1. The highest BCUT2D eigenvalue weighted by atomic mass is 35.5. The van der Waals surface area contributed by atoms with Crippen LogP contribution < -0.4 is 24.8 Å². The Kier molecular flexibility index (Phi) is 4.90. The Morgan fingerprint density at radius 2 is 1.86 bits per heavy atom. The molecule has 1 aromatic heterocycles. The summed E-state index contributed by atoms with van der Waals surface area (Å²) < 4.78 is 15.7. The highest BCUT2D eigenvalue weighted by Crippen LogP contribution is 2.34. The van der Waals surface area contributed by atoms with Crippen LogP contribution >= 0.6 is 11.6 Å². The lowest BCUT2D eigenvalue weighted by Crippen LogP contribution is -2.12. The molecule has 0 bridgehead atoms. The fourth-order valence-electron chi connectivity index (χ4n) is 2.72. The van der Waals surface area contributed by atoms with Crippen molar-refractivity contribution in [1.82, 2.24) is 4.98 Å². The summed E-state index contributed by atoms with van der Waals surface area (Å²) in [5.41, 5.74) is 2.41. The quantitative estimate of drug-likeness (QED) is 0.661. The zero-order chi connectivity index (χ0) is 19.5. The molecule has 3 aromatic rings. The average molecular weight is 398 g/mol. The van der Waals surface area contributed by atoms with Crippen LogP contribution in [0.1, 0.15) is 10.4 Å². The van der Waals surface area contributed by atoms with Gasteiger partial charge in [0.05, 0.1) is 29.6 Å². The van der Waals surface area contributed by atoms with Crippen LogP contribution in [-0.2, 0) is 0 Å². The van der Waals surface area contributed by atoms with E-state index >= 15 is 0 Å². The first-order chi connectivity index (χ1) is 13.6. The molecule has 142 valence electrons. The maximum atomic E-state index is 12.6. The van der Waals surface area contributed by atoms with Gasteiger partial charge in [0.25, 0.3) is 5.91 Å². The minimum atomic E-state index is -0.289. The van der Waals surface area contributed by atoms with E-state index in [0.29, 0.717) is 39.2 Å². The van der Waals surface area contributed by atoms with Crippen LogP contribution in [0, 0.1) is 0 Å². The first-order valence-electron chi connectivity index (χ1n) is 8.39. The SMILES string of the molecule is COc1ccc(Nc2cncc(C(=O)Nc3ccc4c(c3)OCO4)c2)cc1Cl. The van der Waals surface area contributed by atoms with Crippen molar-refractivity contribution in [2.75, 3.05) is 24.5 Å². The fraction of sp³-hybridized carbons (Fsp3) is 0.100. The van der Waals surface area contributed by atoms with E-state index in [2.05, 4.69) is 15.6 Å². The zero-order valence-corrected chi connectivity index (χ0v) is 15.6. The van der Waals surface area contributed by atoms with Crippen molar-refractivity contribution in [2.24, 2.45) is 0 Å². The van der Waals surface area contributed by atoms with E-state index in [9.17, 15) is 4.79 Å². The summed E-state index contributed by atoms with van der Waals surface area (Å²) in [7, 11) is 1.56. The van der Waals surface area contributed by atoms with Gasteiger partial charge < -0.3 is 24.8 Å². The average Bonchev–Trinajstić information content (AvgIpc) is 3.16. The Balaban J connectivity index is 1.48. The van der Waals surface area contributed by atoms with E-state index in [0.717, 1.165) is 5.69 Å². The molecule has 2 heterocycles. The first kappa shape index (κ1) is 17.9. The summed E-state index contributed by atoms with van der Waals surface area (Å²) >= 11 is 6.14. The fourth-order valence-corrected chi connectivity index (χ4v) is 2.98. The van der Waals surface area contributed by atoms with Crippen LogP contribution in [0.15, 0.2) is 54.9 Å². The van der Waals surface area contributed by atoms with Gasteiger partial charge in [-0.2, -0.15) is 0 Å². The molecule has 0 saturated carbocycles. The van der Waals surface area contributed by atoms with E-state index in [-0.39, 0.29) is 12.7 Å². The second kappa shape index (κ2) is 7.66. The Morgan fingerprint density at radius 1 is 1.04 bits per heavy atom. The number of aromatic nitrogens is 1. The zero-order valence-electron chi connectivity index (χ0n) is 14.9. The van der Waals surface area contributed by atoms with Crippen molar-refractivity contribution >= 4 is 34.6 Å². The number of rotatable bonds is 5. The molecule has 1 aliphatic heterocycles. The Bertz CT molecular complexity index is 1040. The van der Waals surface area contributed by atoms with Crippen molar-refractivity contribution in [2.45, 2.75) is 0 Å². The molecule has 1 amide bonds. The summed E-state index contributed by atoms with van der Waals surface area (Å²) in [6.07, 6.45) is 3.12. The number of benzene rings is 2. The van der Waals surface area contributed by atoms with Crippen LogP contribution in [0.3, 0.4) is 0 Å². The molecular formula is C20H16ClN3O4. The van der Waals surface area contributed by atoms with Crippen LogP contribution in [-0.4, -0.2) is 24.8 Å². The number of amides is 1. The number of carbonyl (C=O) groups is 1. The smallest absolute Gasteiger partial charge is 0.257 e. The van der Waals surface area contributed by atoms with E-state index in [4.69, 9.17) is 25.8 Å². The van der Waals surface area contributed by atoms with Gasteiger partial charge in [0, 0.05) is 23.6 Å². The molecule has 2 N–H and O–H groups in total. The number of carbonyl (C=O) groups excluding carboxylic acids is 1. The minimum Gasteiger partial charge on any atom is -0.495 e. The van der Waals surface area contributed by atoms with Crippen LogP contribution in [0.25, 0.3) is 0 Å². The predicted octanol–water partition coefficient (Wildman–Crippen LogP) is 4.47. The van der Waals surface area contributed by atoms with Gasteiger partial charge in [-0.15, -0.1) is 0 Å². The van der Waals surface area contributed by atoms with Crippen LogP contribution in [0.5, 0.6) is 17.2 Å². The molecular weight excluding hydrogens is 382 g/mol. The highest BCUT2D eigenvalue weighted by Gasteiger charge is 2.15. The summed E-state index contributed by atoms with van der Waals surface area (Å²) in [5, 5.41) is 6.48. The number of ether oxygens (including phenoxy) is 3. The van der Waals surface area contributed by atoms with E-state index in [1.807, 2.05) is 6.07 Å². The third-order valence-electron chi connectivity index (χ3n) is 4.07. The molecule has 2 aromatic carbocycles. The van der Waals surface area contributed by atoms with Gasteiger partial charge in [0.1, 0.15) is 5.75 Å². The molecule has 7 nitrogen and oxygen atoms in total. The minimum absolute atomic E-state index is 0.180. The van der Waals surface area contributed by atoms with Crippen molar-refractivity contribution in [1.29, 1.82) is 0 Å². The van der Waals surface area contributed by atoms with Gasteiger partial charge in [0.15, 0.2) is 11.5 Å². The second-order valence-electron chi connectivity index (χ2n) is 5.96. The van der Waals surface area contributed by atoms with Gasteiger partial charge in [0.2, 0.25) is 6.79 Å². The van der Waals surface area contributed by atoms with Crippen molar-refractivity contribution in [3.05, 3.63) is 65.4 Å². The number of nitrogens with one attached hydrogen (secondary N) is 2. The maximum absolute atomic E-state index is 12.6. The molecule has 28 heavy (non-hydrogen) atoms. The third kappa shape index (κ3) is 3.79. The van der Waals surface area contributed by atoms with Gasteiger partial charge in [-0.1, -0.05) is 11.6 Å². The lowest BCUT2D eigenvalue weighted by molar-refractivity contribution is 0.102. The maximum Gasteiger partial charge on any atom is 0.257 e. The third-order valence-corrected chi connectivity index (χ3v) is 4.37. The van der Waals surface area contributed by atoms with E-state index in [1.54, 1.807) is 49.7 Å². The van der Waals surface area contributed by atoms with Gasteiger partial charge in [-0.3, -0.25) is 9.78 Å². The number of methoxy groups -OCH3 is 1. The molecule has 8 heteroatoms. The molecule has 0 radical (unpaired) electrons. The highest BCUT2D eigenvalue weighted by molar-refractivity contribution is 6.32. The summed E-state index contributed by atoms with van der Waals surface area (Å²) in [6, 6.07) is 12.2. The lowest BCUT2D eigenvalue weighted by atomic mass is 10.2. The number of hydrogen-bond acceptors (Lipinski definition) is 6. The molecule has 0 saturated heterocycles. The lowest BCUT2D eigenvalue weighted by Gasteiger charge is -2.10. The molecule has 0 spiro atoms.